The number of piperidine rings is 1. The Labute approximate surface area is 209 Å². The third kappa shape index (κ3) is 4.28. The molecule has 4 aromatic rings. The van der Waals surface area contributed by atoms with Crippen molar-refractivity contribution in [2.45, 2.75) is 50.4 Å². The van der Waals surface area contributed by atoms with Crippen molar-refractivity contribution in [2.75, 3.05) is 25.0 Å². The highest BCUT2D eigenvalue weighted by Gasteiger charge is 2.29. The monoisotopic (exact) mass is 482 g/mol. The lowest BCUT2D eigenvalue weighted by atomic mass is 9.93. The van der Waals surface area contributed by atoms with Crippen LogP contribution >= 0.6 is 0 Å². The van der Waals surface area contributed by atoms with E-state index in [1.54, 1.807) is 33.9 Å². The normalized spacial score (nSPS) is 19.1. The van der Waals surface area contributed by atoms with Gasteiger partial charge in [-0.2, -0.15) is 14.9 Å². The van der Waals surface area contributed by atoms with E-state index in [0.717, 1.165) is 37.5 Å². The third-order valence-corrected chi connectivity index (χ3v) is 7.75. The van der Waals surface area contributed by atoms with Gasteiger partial charge in [-0.3, -0.25) is 4.79 Å². The Morgan fingerprint density at radius 1 is 1.00 bits per heavy atom. The molecule has 1 amide bonds. The maximum absolute atomic E-state index is 13.3. The summed E-state index contributed by atoms with van der Waals surface area (Å²) in [5.41, 5.74) is 3.24. The zero-order valence-electron chi connectivity index (χ0n) is 20.3. The molecular weight excluding hydrogens is 452 g/mol. The van der Waals surface area contributed by atoms with Crippen LogP contribution in [0, 0.1) is 5.92 Å². The fourth-order valence-electron chi connectivity index (χ4n) is 5.29. The van der Waals surface area contributed by atoms with E-state index in [-0.39, 0.29) is 5.91 Å². The van der Waals surface area contributed by atoms with E-state index in [9.17, 15) is 4.79 Å². The van der Waals surface area contributed by atoms with Gasteiger partial charge in [-0.1, -0.05) is 6.07 Å². The third-order valence-electron chi connectivity index (χ3n) is 7.75. The average molecular weight is 483 g/mol. The molecule has 0 spiro atoms. The lowest BCUT2D eigenvalue weighted by Gasteiger charge is -2.31. The Morgan fingerprint density at radius 2 is 1.86 bits per heavy atom. The van der Waals surface area contributed by atoms with Gasteiger partial charge in [0.05, 0.1) is 11.9 Å². The van der Waals surface area contributed by atoms with Crippen molar-refractivity contribution < 1.29 is 4.79 Å². The van der Waals surface area contributed by atoms with E-state index >= 15 is 0 Å². The van der Waals surface area contributed by atoms with Crippen molar-refractivity contribution >= 4 is 17.4 Å². The summed E-state index contributed by atoms with van der Waals surface area (Å²) in [5.74, 6) is 3.01. The van der Waals surface area contributed by atoms with Gasteiger partial charge in [0, 0.05) is 37.1 Å². The first-order chi connectivity index (χ1) is 17.7. The Bertz CT molecular complexity index is 1390. The number of pyridine rings is 1. The van der Waals surface area contributed by atoms with Crippen molar-refractivity contribution in [3.63, 3.8) is 0 Å². The van der Waals surface area contributed by atoms with Crippen molar-refractivity contribution in [1.82, 2.24) is 34.3 Å². The molecule has 0 atom stereocenters. The maximum atomic E-state index is 13.3. The van der Waals surface area contributed by atoms with Crippen LogP contribution in [0.1, 0.15) is 72.0 Å². The van der Waals surface area contributed by atoms with E-state index in [2.05, 4.69) is 26.4 Å². The summed E-state index contributed by atoms with van der Waals surface area (Å²) in [7, 11) is 0. The number of hydrogen-bond acceptors (Lipinski definition) is 6. The van der Waals surface area contributed by atoms with Crippen LogP contribution < -0.4 is 5.32 Å². The molecule has 3 fully saturated rings. The first-order valence-electron chi connectivity index (χ1n) is 13.1. The molecule has 2 aliphatic carbocycles. The number of amides is 1. The predicted octanol–water partition coefficient (Wildman–Crippen LogP) is 4.03. The lowest BCUT2D eigenvalue weighted by Crippen LogP contribution is -2.34. The number of hydrogen-bond donors (Lipinski definition) is 1. The van der Waals surface area contributed by atoms with E-state index in [1.165, 1.54) is 37.8 Å². The Morgan fingerprint density at radius 3 is 2.61 bits per heavy atom. The number of nitrogens with zero attached hydrogens (tertiary/aromatic N) is 7. The lowest BCUT2D eigenvalue weighted by molar-refractivity contribution is 0.102. The van der Waals surface area contributed by atoms with Crippen molar-refractivity contribution in [1.29, 1.82) is 0 Å². The van der Waals surface area contributed by atoms with Gasteiger partial charge in [-0.15, -0.1) is 0 Å². The molecule has 5 heterocycles. The molecule has 9 heteroatoms. The smallest absolute Gasteiger partial charge is 0.262 e. The van der Waals surface area contributed by atoms with Gasteiger partial charge in [0.15, 0.2) is 11.5 Å². The molecule has 0 radical (unpaired) electrons. The number of carbonyl (C=O) groups excluding carboxylic acids is 1. The molecular formula is C27H30N8O. The molecule has 3 aliphatic rings. The predicted molar refractivity (Wildman–Crippen MR) is 135 cm³/mol. The fraction of sp³-hybridized carbons (Fsp3) is 0.444. The second-order valence-corrected chi connectivity index (χ2v) is 10.5. The van der Waals surface area contributed by atoms with E-state index in [1.807, 2.05) is 18.3 Å². The highest BCUT2D eigenvalue weighted by molar-refractivity contribution is 6.07. The van der Waals surface area contributed by atoms with Crippen LogP contribution in [0.15, 0.2) is 49.1 Å². The molecule has 0 bridgehead atoms. The molecule has 4 aromatic heterocycles. The molecule has 9 nitrogen and oxygen atoms in total. The van der Waals surface area contributed by atoms with Crippen molar-refractivity contribution in [3.05, 3.63) is 65.9 Å². The number of aromatic nitrogens is 6. The van der Waals surface area contributed by atoms with Gasteiger partial charge >= 0.3 is 0 Å². The van der Waals surface area contributed by atoms with Crippen molar-refractivity contribution in [2.24, 2.45) is 5.92 Å². The summed E-state index contributed by atoms with van der Waals surface area (Å²) in [5, 5.41) is 12.3. The van der Waals surface area contributed by atoms with Crippen LogP contribution in [-0.4, -0.2) is 59.8 Å². The number of fused-ring (bicyclic) bond motifs is 1. The minimum atomic E-state index is -0.259. The van der Waals surface area contributed by atoms with Gasteiger partial charge in [0.25, 0.3) is 5.91 Å². The summed E-state index contributed by atoms with van der Waals surface area (Å²) in [4.78, 5) is 24.9. The molecule has 0 unspecified atom stereocenters. The number of carbonyl (C=O) groups is 1. The minimum absolute atomic E-state index is 0.259. The standard InChI is InChI=1S/C27H30N8O/c36-27(22-16-30-34-11-1-10-28-26(22)34)31-25-14-23(20-8-12-33(13-9-20)17-18-2-3-18)32-35(25)24-7-6-21(15-29-24)19-4-5-19/h1,6-7,10-11,14-16,18-20H,2-5,8-9,12-13,17H2,(H,31,36). The topological polar surface area (TPSA) is 93.2 Å². The van der Waals surface area contributed by atoms with Gasteiger partial charge in [0.2, 0.25) is 0 Å². The minimum Gasteiger partial charge on any atom is -0.306 e. The van der Waals surface area contributed by atoms with E-state index < -0.39 is 0 Å². The zero-order valence-corrected chi connectivity index (χ0v) is 20.3. The Hall–Kier alpha value is -3.59. The van der Waals surface area contributed by atoms with Crippen molar-refractivity contribution in [3.8, 4) is 5.82 Å². The van der Waals surface area contributed by atoms with Gasteiger partial charge in [-0.05, 0) is 81.1 Å². The molecule has 1 saturated heterocycles. The fourth-order valence-corrected chi connectivity index (χ4v) is 5.29. The highest BCUT2D eigenvalue weighted by atomic mass is 16.1. The van der Waals surface area contributed by atoms with Crippen LogP contribution in [0.25, 0.3) is 11.5 Å². The summed E-state index contributed by atoms with van der Waals surface area (Å²) >= 11 is 0. The van der Waals surface area contributed by atoms with Crippen LogP contribution in [0.3, 0.4) is 0 Å². The SMILES string of the molecule is O=C(Nc1cc(C2CCN(CC3CC3)CC2)nn1-c1ccc(C2CC2)cn1)c1cnn2cccnc12. The molecule has 1 aliphatic heterocycles. The average Bonchev–Trinajstić information content (AvgIpc) is 3.84. The first kappa shape index (κ1) is 21.7. The molecule has 1 N–H and O–H groups in total. The van der Waals surface area contributed by atoms with Crippen LogP contribution in [0.2, 0.25) is 0 Å². The second kappa shape index (κ2) is 8.81. The summed E-state index contributed by atoms with van der Waals surface area (Å²) < 4.78 is 3.38. The van der Waals surface area contributed by atoms with E-state index in [0.29, 0.717) is 34.7 Å². The first-order valence-corrected chi connectivity index (χ1v) is 13.1. The Kier molecular flexibility index (Phi) is 5.31. The largest absolute Gasteiger partial charge is 0.306 e. The van der Waals surface area contributed by atoms with Gasteiger partial charge in [0.1, 0.15) is 11.4 Å². The molecule has 7 rings (SSSR count). The molecule has 184 valence electrons. The van der Waals surface area contributed by atoms with E-state index in [4.69, 9.17) is 10.1 Å². The second-order valence-electron chi connectivity index (χ2n) is 10.5. The number of rotatable bonds is 7. The highest BCUT2D eigenvalue weighted by Crippen LogP contribution is 2.40. The van der Waals surface area contributed by atoms with Crippen LogP contribution in [0.5, 0.6) is 0 Å². The number of anilines is 1. The molecule has 36 heavy (non-hydrogen) atoms. The summed E-state index contributed by atoms with van der Waals surface area (Å²) in [6, 6.07) is 7.96. The Balaban J connectivity index is 1.17. The van der Waals surface area contributed by atoms with Gasteiger partial charge in [-0.25, -0.2) is 14.5 Å². The zero-order chi connectivity index (χ0) is 24.1. The number of nitrogens with one attached hydrogen (secondary N) is 1. The van der Waals surface area contributed by atoms with Gasteiger partial charge < -0.3 is 10.2 Å². The molecule has 0 aromatic carbocycles. The number of likely N-dealkylation sites (tertiary alicyclic amines) is 1. The maximum Gasteiger partial charge on any atom is 0.262 e. The van der Waals surface area contributed by atoms with Crippen LogP contribution in [0.4, 0.5) is 5.82 Å². The van der Waals surface area contributed by atoms with Crippen LogP contribution in [-0.2, 0) is 0 Å². The summed E-state index contributed by atoms with van der Waals surface area (Å²) in [6.07, 6.45) is 14.4. The molecule has 2 saturated carbocycles. The summed E-state index contributed by atoms with van der Waals surface area (Å²) in [6.45, 7) is 3.46. The quantitative estimate of drug-likeness (QED) is 0.428.